The number of esters is 1. The Balaban J connectivity index is 1.46. The van der Waals surface area contributed by atoms with Gasteiger partial charge in [-0.1, -0.05) is 17.7 Å². The summed E-state index contributed by atoms with van der Waals surface area (Å²) in [4.78, 5) is 36.2. The summed E-state index contributed by atoms with van der Waals surface area (Å²) in [5, 5.41) is 5.11. The fourth-order valence-electron chi connectivity index (χ4n) is 2.47. The maximum absolute atomic E-state index is 12.1. The van der Waals surface area contributed by atoms with Crippen LogP contribution in [0.15, 0.2) is 42.5 Å². The van der Waals surface area contributed by atoms with Crippen LogP contribution in [0.2, 0.25) is 0 Å². The molecule has 8 nitrogen and oxygen atoms in total. The zero-order valence-electron chi connectivity index (χ0n) is 15.5. The van der Waals surface area contributed by atoms with Crippen LogP contribution in [0.4, 0.5) is 5.69 Å². The first kappa shape index (κ1) is 19.2. The molecule has 1 aliphatic heterocycles. The van der Waals surface area contributed by atoms with E-state index >= 15 is 0 Å². The third kappa shape index (κ3) is 4.79. The molecule has 2 aromatic carbocycles. The monoisotopic (exact) mass is 384 g/mol. The van der Waals surface area contributed by atoms with Crippen molar-refractivity contribution in [2.75, 3.05) is 18.7 Å². The van der Waals surface area contributed by atoms with Gasteiger partial charge in [-0.25, -0.2) is 0 Å². The lowest BCUT2D eigenvalue weighted by molar-refractivity contribution is -0.152. The molecule has 0 spiro atoms. The van der Waals surface area contributed by atoms with Gasteiger partial charge in [0.05, 0.1) is 0 Å². The molecule has 0 aromatic heterocycles. The van der Waals surface area contributed by atoms with Crippen molar-refractivity contribution in [3.05, 3.63) is 53.6 Å². The zero-order chi connectivity index (χ0) is 20.1. The number of hydrogen-bond acceptors (Lipinski definition) is 6. The first-order valence-corrected chi connectivity index (χ1v) is 8.67. The van der Waals surface area contributed by atoms with Crippen LogP contribution in [-0.2, 0) is 14.3 Å². The number of aryl methyl sites for hydroxylation is 1. The van der Waals surface area contributed by atoms with Gasteiger partial charge in [0.1, 0.15) is 6.54 Å². The van der Waals surface area contributed by atoms with Gasteiger partial charge in [-0.05, 0) is 44.2 Å². The average Bonchev–Trinajstić information content (AvgIpc) is 3.15. The molecule has 2 N–H and O–H groups in total. The first-order chi connectivity index (χ1) is 13.4. The van der Waals surface area contributed by atoms with Gasteiger partial charge in [-0.3, -0.25) is 14.4 Å². The highest BCUT2D eigenvalue weighted by atomic mass is 16.7. The maximum Gasteiger partial charge on any atom is 0.326 e. The molecule has 0 radical (unpaired) electrons. The van der Waals surface area contributed by atoms with E-state index in [1.165, 1.54) is 13.0 Å². The molecular formula is C20H20N2O6. The number of rotatable bonds is 6. The van der Waals surface area contributed by atoms with Gasteiger partial charge in [-0.15, -0.1) is 0 Å². The number of ether oxygens (including phenoxy) is 3. The summed E-state index contributed by atoms with van der Waals surface area (Å²) in [6, 6.07) is 11.9. The molecule has 2 amide bonds. The zero-order valence-corrected chi connectivity index (χ0v) is 15.5. The summed E-state index contributed by atoms with van der Waals surface area (Å²) >= 11 is 0. The van der Waals surface area contributed by atoms with Crippen molar-refractivity contribution in [2.45, 2.75) is 20.0 Å². The van der Waals surface area contributed by atoms with Gasteiger partial charge >= 0.3 is 5.97 Å². The predicted molar refractivity (Wildman–Crippen MR) is 100 cm³/mol. The van der Waals surface area contributed by atoms with E-state index in [1.54, 1.807) is 24.3 Å². The van der Waals surface area contributed by atoms with Gasteiger partial charge in [0, 0.05) is 11.3 Å². The van der Waals surface area contributed by atoms with Gasteiger partial charge in [-0.2, -0.15) is 0 Å². The third-order valence-electron chi connectivity index (χ3n) is 4.02. The normalized spacial score (nSPS) is 12.8. The maximum atomic E-state index is 12.1. The fourth-order valence-corrected chi connectivity index (χ4v) is 2.47. The summed E-state index contributed by atoms with van der Waals surface area (Å²) in [7, 11) is 0. The van der Waals surface area contributed by atoms with E-state index in [0.29, 0.717) is 22.7 Å². The number of amides is 2. The molecule has 1 atom stereocenters. The van der Waals surface area contributed by atoms with E-state index in [4.69, 9.17) is 14.2 Å². The molecule has 0 bridgehead atoms. The van der Waals surface area contributed by atoms with Crippen molar-refractivity contribution in [1.82, 2.24) is 5.32 Å². The predicted octanol–water partition coefficient (Wildman–Crippen LogP) is 2.02. The summed E-state index contributed by atoms with van der Waals surface area (Å²) in [6.45, 7) is 3.14. The Labute approximate surface area is 161 Å². The Morgan fingerprint density at radius 3 is 2.54 bits per heavy atom. The number of benzene rings is 2. The standard InChI is InChI=1S/C20H20N2O6/c1-12-3-6-15(7-4-12)22-19(24)13(2)28-18(23)10-21-20(25)14-5-8-16-17(9-14)27-11-26-16/h3-9,13H,10-11H2,1-2H3,(H,21,25)(H,22,24)/t13-/m1/s1. The van der Waals surface area contributed by atoms with Gasteiger partial charge in [0.2, 0.25) is 6.79 Å². The highest BCUT2D eigenvalue weighted by Crippen LogP contribution is 2.32. The van der Waals surface area contributed by atoms with Crippen molar-refractivity contribution in [1.29, 1.82) is 0 Å². The molecule has 146 valence electrons. The highest BCUT2D eigenvalue weighted by molar-refractivity contribution is 5.97. The molecule has 2 aromatic rings. The van der Waals surface area contributed by atoms with E-state index in [2.05, 4.69) is 10.6 Å². The second kappa shape index (κ2) is 8.43. The number of anilines is 1. The number of hydrogen-bond donors (Lipinski definition) is 2. The van der Waals surface area contributed by atoms with E-state index in [0.717, 1.165) is 5.56 Å². The lowest BCUT2D eigenvalue weighted by Crippen LogP contribution is -2.35. The molecule has 0 fully saturated rings. The Hall–Kier alpha value is -3.55. The minimum atomic E-state index is -1.00. The molecule has 0 unspecified atom stereocenters. The van der Waals surface area contributed by atoms with Crippen molar-refractivity contribution < 1.29 is 28.6 Å². The van der Waals surface area contributed by atoms with Gasteiger partial charge in [0.15, 0.2) is 17.6 Å². The highest BCUT2D eigenvalue weighted by Gasteiger charge is 2.20. The van der Waals surface area contributed by atoms with Crippen LogP contribution in [0.1, 0.15) is 22.8 Å². The Morgan fingerprint density at radius 1 is 1.07 bits per heavy atom. The number of carbonyl (C=O) groups is 3. The van der Waals surface area contributed by atoms with Crippen LogP contribution < -0.4 is 20.1 Å². The summed E-state index contributed by atoms with van der Waals surface area (Å²) in [6.07, 6.45) is -1.00. The van der Waals surface area contributed by atoms with Crippen LogP contribution >= 0.6 is 0 Å². The molecule has 28 heavy (non-hydrogen) atoms. The second-order valence-electron chi connectivity index (χ2n) is 6.24. The van der Waals surface area contributed by atoms with Crippen LogP contribution in [0.3, 0.4) is 0 Å². The second-order valence-corrected chi connectivity index (χ2v) is 6.24. The van der Waals surface area contributed by atoms with E-state index in [9.17, 15) is 14.4 Å². The molecule has 1 aliphatic rings. The molecule has 0 saturated heterocycles. The molecule has 8 heteroatoms. The lowest BCUT2D eigenvalue weighted by Gasteiger charge is -2.14. The van der Waals surface area contributed by atoms with Crippen LogP contribution in [-0.4, -0.2) is 37.2 Å². The number of carbonyl (C=O) groups excluding carboxylic acids is 3. The smallest absolute Gasteiger partial charge is 0.326 e. The molecule has 0 aliphatic carbocycles. The minimum Gasteiger partial charge on any atom is -0.454 e. The van der Waals surface area contributed by atoms with E-state index < -0.39 is 23.9 Å². The molecule has 0 saturated carbocycles. The van der Waals surface area contributed by atoms with Crippen LogP contribution in [0, 0.1) is 6.92 Å². The van der Waals surface area contributed by atoms with E-state index in [1.807, 2.05) is 19.1 Å². The molecule has 1 heterocycles. The largest absolute Gasteiger partial charge is 0.454 e. The molecule has 3 rings (SSSR count). The number of nitrogens with one attached hydrogen (secondary N) is 2. The van der Waals surface area contributed by atoms with E-state index in [-0.39, 0.29) is 13.3 Å². The van der Waals surface area contributed by atoms with Crippen molar-refractivity contribution in [3.63, 3.8) is 0 Å². The SMILES string of the molecule is Cc1ccc(NC(=O)[C@@H](C)OC(=O)CNC(=O)c2ccc3c(c2)OCO3)cc1. The quantitative estimate of drug-likeness (QED) is 0.739. The van der Waals surface area contributed by atoms with Crippen LogP contribution in [0.25, 0.3) is 0 Å². The first-order valence-electron chi connectivity index (χ1n) is 8.67. The Bertz CT molecular complexity index is 894. The van der Waals surface area contributed by atoms with Crippen LogP contribution in [0.5, 0.6) is 11.5 Å². The summed E-state index contributed by atoms with van der Waals surface area (Å²) in [5.74, 6) is -0.618. The Kier molecular flexibility index (Phi) is 5.78. The van der Waals surface area contributed by atoms with Crippen molar-refractivity contribution >= 4 is 23.5 Å². The summed E-state index contributed by atoms with van der Waals surface area (Å²) < 4.78 is 15.4. The molecular weight excluding hydrogens is 364 g/mol. The topological polar surface area (TPSA) is 103 Å². The van der Waals surface area contributed by atoms with Crippen molar-refractivity contribution in [2.24, 2.45) is 0 Å². The minimum absolute atomic E-state index is 0.106. The lowest BCUT2D eigenvalue weighted by atomic mass is 10.2. The Morgan fingerprint density at radius 2 is 1.79 bits per heavy atom. The fraction of sp³-hybridized carbons (Fsp3) is 0.250. The average molecular weight is 384 g/mol. The van der Waals surface area contributed by atoms with Gasteiger partial charge < -0.3 is 24.8 Å². The summed E-state index contributed by atoms with van der Waals surface area (Å²) in [5.41, 5.74) is 1.99. The van der Waals surface area contributed by atoms with Crippen molar-refractivity contribution in [3.8, 4) is 11.5 Å². The van der Waals surface area contributed by atoms with Gasteiger partial charge in [0.25, 0.3) is 11.8 Å². The third-order valence-corrected chi connectivity index (χ3v) is 4.02. The number of fused-ring (bicyclic) bond motifs is 1.